The van der Waals surface area contributed by atoms with Crippen LogP contribution in [-0.2, 0) is 4.74 Å². The fourth-order valence-electron chi connectivity index (χ4n) is 2.60. The fourth-order valence-corrected chi connectivity index (χ4v) is 2.60. The number of hydrogen-bond acceptors (Lipinski definition) is 5. The molecule has 1 aliphatic rings. The van der Waals surface area contributed by atoms with Gasteiger partial charge in [-0.25, -0.2) is 9.78 Å². The number of nitrogens with zero attached hydrogens (tertiary/aromatic N) is 3. The molecule has 2 rings (SSSR count). The summed E-state index contributed by atoms with van der Waals surface area (Å²) >= 11 is 0. The van der Waals surface area contributed by atoms with Crippen molar-refractivity contribution in [1.82, 2.24) is 9.88 Å². The number of rotatable bonds is 2. The Morgan fingerprint density at radius 2 is 2.23 bits per heavy atom. The summed E-state index contributed by atoms with van der Waals surface area (Å²) in [4.78, 5) is 20.1. The van der Waals surface area contributed by atoms with Crippen molar-refractivity contribution in [3.63, 3.8) is 0 Å². The quantitative estimate of drug-likeness (QED) is 0.910. The molecule has 0 saturated carbocycles. The number of anilines is 1. The first-order valence-corrected chi connectivity index (χ1v) is 7.62. The lowest BCUT2D eigenvalue weighted by molar-refractivity contribution is 0.0199. The zero-order valence-corrected chi connectivity index (χ0v) is 13.7. The van der Waals surface area contributed by atoms with Crippen LogP contribution in [0.15, 0.2) is 18.3 Å². The number of amides is 1. The standard InChI is InChI=1S/C16H25N3O3/c1-16(2,3)22-15(21)19-10-6-7-12(11-19)18(4)14-13(20)8-5-9-17-14/h5,8-9,12,20H,6-7,10-11H2,1-4H3/t12-/m0/s1. The molecular weight excluding hydrogens is 282 g/mol. The molecule has 1 aromatic heterocycles. The van der Waals surface area contributed by atoms with Crippen LogP contribution in [0.2, 0.25) is 0 Å². The fraction of sp³-hybridized carbons (Fsp3) is 0.625. The molecule has 0 aromatic carbocycles. The molecule has 0 bridgehead atoms. The minimum atomic E-state index is -0.491. The lowest BCUT2D eigenvalue weighted by Crippen LogP contribution is -2.50. The highest BCUT2D eigenvalue weighted by Crippen LogP contribution is 2.27. The van der Waals surface area contributed by atoms with Crippen LogP contribution in [0.25, 0.3) is 0 Å². The van der Waals surface area contributed by atoms with E-state index in [2.05, 4.69) is 4.98 Å². The second-order valence-corrected chi connectivity index (χ2v) is 6.68. The van der Waals surface area contributed by atoms with Gasteiger partial charge in [-0.2, -0.15) is 0 Å². The summed E-state index contributed by atoms with van der Waals surface area (Å²) in [7, 11) is 1.89. The van der Waals surface area contributed by atoms with Crippen LogP contribution in [0.3, 0.4) is 0 Å². The molecule has 6 heteroatoms. The topological polar surface area (TPSA) is 65.9 Å². The normalized spacial score (nSPS) is 18.9. The van der Waals surface area contributed by atoms with E-state index in [9.17, 15) is 9.90 Å². The predicted molar refractivity (Wildman–Crippen MR) is 85.1 cm³/mol. The molecule has 0 spiro atoms. The molecule has 1 N–H and O–H groups in total. The van der Waals surface area contributed by atoms with E-state index >= 15 is 0 Å². The Morgan fingerprint density at radius 3 is 2.86 bits per heavy atom. The molecule has 1 aliphatic heterocycles. The van der Waals surface area contributed by atoms with Crippen molar-refractivity contribution < 1.29 is 14.6 Å². The highest BCUT2D eigenvalue weighted by Gasteiger charge is 2.30. The maximum absolute atomic E-state index is 12.2. The SMILES string of the molecule is CN(c1ncccc1O)[C@H]1CCCN(C(=O)OC(C)(C)C)C1. The molecule has 1 atom stereocenters. The molecule has 22 heavy (non-hydrogen) atoms. The number of likely N-dealkylation sites (N-methyl/N-ethyl adjacent to an activating group) is 1. The Balaban J connectivity index is 2.04. The molecule has 0 aliphatic carbocycles. The molecule has 0 radical (unpaired) electrons. The van der Waals surface area contributed by atoms with Gasteiger partial charge in [-0.3, -0.25) is 0 Å². The van der Waals surface area contributed by atoms with Crippen LogP contribution < -0.4 is 4.90 Å². The monoisotopic (exact) mass is 307 g/mol. The minimum Gasteiger partial charge on any atom is -0.504 e. The van der Waals surface area contributed by atoms with Crippen molar-refractivity contribution in [3.05, 3.63) is 18.3 Å². The van der Waals surface area contributed by atoms with E-state index in [1.165, 1.54) is 0 Å². The smallest absolute Gasteiger partial charge is 0.410 e. The van der Waals surface area contributed by atoms with Crippen LogP contribution in [0.4, 0.5) is 10.6 Å². The zero-order valence-electron chi connectivity index (χ0n) is 13.7. The van der Waals surface area contributed by atoms with Crippen molar-refractivity contribution >= 4 is 11.9 Å². The Kier molecular flexibility index (Phi) is 4.78. The molecule has 6 nitrogen and oxygen atoms in total. The lowest BCUT2D eigenvalue weighted by Gasteiger charge is -2.38. The van der Waals surface area contributed by atoms with Crippen LogP contribution in [-0.4, -0.2) is 52.9 Å². The van der Waals surface area contributed by atoms with Gasteiger partial charge in [0.05, 0.1) is 0 Å². The van der Waals surface area contributed by atoms with E-state index in [0.717, 1.165) is 12.8 Å². The van der Waals surface area contributed by atoms with E-state index in [4.69, 9.17) is 4.74 Å². The Hall–Kier alpha value is -1.98. The maximum atomic E-state index is 12.2. The van der Waals surface area contributed by atoms with Crippen LogP contribution in [0.1, 0.15) is 33.6 Å². The van der Waals surface area contributed by atoms with E-state index in [1.54, 1.807) is 23.2 Å². The summed E-state index contributed by atoms with van der Waals surface area (Å²) in [6, 6.07) is 3.43. The predicted octanol–water partition coefficient (Wildman–Crippen LogP) is 2.62. The van der Waals surface area contributed by atoms with Crippen LogP contribution >= 0.6 is 0 Å². The van der Waals surface area contributed by atoms with E-state index in [1.807, 2.05) is 32.7 Å². The van der Waals surface area contributed by atoms with E-state index < -0.39 is 5.60 Å². The summed E-state index contributed by atoms with van der Waals surface area (Å²) in [6.45, 7) is 6.87. The van der Waals surface area contributed by atoms with Crippen molar-refractivity contribution in [2.24, 2.45) is 0 Å². The van der Waals surface area contributed by atoms with Gasteiger partial charge in [0.1, 0.15) is 5.60 Å². The van der Waals surface area contributed by atoms with Crippen molar-refractivity contribution in [2.45, 2.75) is 45.3 Å². The van der Waals surface area contributed by atoms with Gasteiger partial charge >= 0.3 is 6.09 Å². The largest absolute Gasteiger partial charge is 0.504 e. The highest BCUT2D eigenvalue weighted by molar-refractivity contribution is 5.68. The van der Waals surface area contributed by atoms with Gasteiger partial charge in [0, 0.05) is 32.4 Å². The molecule has 122 valence electrons. The van der Waals surface area contributed by atoms with Gasteiger partial charge in [0.25, 0.3) is 0 Å². The van der Waals surface area contributed by atoms with Gasteiger partial charge in [0.15, 0.2) is 11.6 Å². The summed E-state index contributed by atoms with van der Waals surface area (Å²) in [5.41, 5.74) is -0.491. The van der Waals surface area contributed by atoms with Gasteiger partial charge in [0.2, 0.25) is 0 Å². The third-order valence-electron chi connectivity index (χ3n) is 3.70. The number of ether oxygens (including phenoxy) is 1. The molecule has 1 amide bonds. The third-order valence-corrected chi connectivity index (χ3v) is 3.70. The van der Waals surface area contributed by atoms with E-state index in [0.29, 0.717) is 18.9 Å². The molecule has 1 fully saturated rings. The number of aromatic nitrogens is 1. The number of pyridine rings is 1. The Morgan fingerprint density at radius 1 is 1.50 bits per heavy atom. The molecular formula is C16H25N3O3. The van der Waals surface area contributed by atoms with Gasteiger partial charge in [-0.05, 0) is 45.7 Å². The van der Waals surface area contributed by atoms with Gasteiger partial charge in [-0.15, -0.1) is 0 Å². The first-order valence-electron chi connectivity index (χ1n) is 7.62. The van der Waals surface area contributed by atoms with Crippen molar-refractivity contribution in [3.8, 4) is 5.75 Å². The van der Waals surface area contributed by atoms with Crippen LogP contribution in [0.5, 0.6) is 5.75 Å². The first kappa shape index (κ1) is 16.4. The van der Waals surface area contributed by atoms with Gasteiger partial charge in [-0.1, -0.05) is 0 Å². The third kappa shape index (κ3) is 4.02. The molecule has 1 aromatic rings. The Labute approximate surface area is 131 Å². The lowest BCUT2D eigenvalue weighted by atomic mass is 10.0. The average molecular weight is 307 g/mol. The van der Waals surface area contributed by atoms with Crippen molar-refractivity contribution in [1.29, 1.82) is 0 Å². The number of likely N-dealkylation sites (tertiary alicyclic amines) is 1. The number of carbonyl (C=O) groups is 1. The minimum absolute atomic E-state index is 0.113. The second kappa shape index (κ2) is 6.42. The summed E-state index contributed by atoms with van der Waals surface area (Å²) in [6.07, 6.45) is 3.23. The average Bonchev–Trinajstić information content (AvgIpc) is 2.45. The Bertz CT molecular complexity index is 528. The van der Waals surface area contributed by atoms with E-state index in [-0.39, 0.29) is 17.9 Å². The van der Waals surface area contributed by atoms with Crippen LogP contribution in [0, 0.1) is 0 Å². The molecule has 1 saturated heterocycles. The number of hydrogen-bond donors (Lipinski definition) is 1. The molecule has 2 heterocycles. The first-order chi connectivity index (χ1) is 10.3. The highest BCUT2D eigenvalue weighted by atomic mass is 16.6. The summed E-state index contributed by atoms with van der Waals surface area (Å²) in [5, 5.41) is 9.93. The van der Waals surface area contributed by atoms with Crippen molar-refractivity contribution in [2.75, 3.05) is 25.0 Å². The number of aromatic hydroxyl groups is 1. The summed E-state index contributed by atoms with van der Waals surface area (Å²) < 4.78 is 5.44. The maximum Gasteiger partial charge on any atom is 0.410 e. The zero-order chi connectivity index (χ0) is 16.3. The van der Waals surface area contributed by atoms with Gasteiger partial charge < -0.3 is 19.6 Å². The number of carbonyl (C=O) groups excluding carboxylic acids is 1. The molecule has 0 unspecified atom stereocenters. The summed E-state index contributed by atoms with van der Waals surface area (Å²) in [5.74, 6) is 0.693. The number of piperidine rings is 1. The second-order valence-electron chi connectivity index (χ2n) is 6.68.